The Morgan fingerprint density at radius 1 is 1.25 bits per heavy atom. The summed E-state index contributed by atoms with van der Waals surface area (Å²) in [7, 11) is -5.66. The lowest BCUT2D eigenvalue weighted by atomic mass is 10.9. The SMILES string of the molecule is CCOP(=O)(O)CCP(C)(C)=O. The molecule has 0 fully saturated rings. The first-order valence-corrected chi connectivity index (χ1v) is 8.32. The van der Waals surface area contributed by atoms with Crippen LogP contribution in [0, 0.1) is 0 Å². The zero-order chi connectivity index (χ0) is 9.83. The first kappa shape index (κ1) is 12.4. The summed E-state index contributed by atoms with van der Waals surface area (Å²) in [5.74, 6) is 0. The Bertz CT molecular complexity index is 220. The van der Waals surface area contributed by atoms with Gasteiger partial charge in [-0.3, -0.25) is 4.57 Å². The van der Waals surface area contributed by atoms with Gasteiger partial charge >= 0.3 is 7.60 Å². The molecule has 0 bridgehead atoms. The van der Waals surface area contributed by atoms with E-state index in [9.17, 15) is 9.13 Å². The molecule has 0 radical (unpaired) electrons. The lowest BCUT2D eigenvalue weighted by Crippen LogP contribution is -1.99. The van der Waals surface area contributed by atoms with Crippen LogP contribution in [0.4, 0.5) is 0 Å². The predicted octanol–water partition coefficient (Wildman–Crippen LogP) is 1.83. The van der Waals surface area contributed by atoms with Gasteiger partial charge in [0.2, 0.25) is 0 Å². The molecule has 0 saturated heterocycles. The van der Waals surface area contributed by atoms with Gasteiger partial charge in [0.15, 0.2) is 0 Å². The predicted molar refractivity (Wildman–Crippen MR) is 50.6 cm³/mol. The zero-order valence-electron chi connectivity index (χ0n) is 7.69. The Morgan fingerprint density at radius 2 is 1.75 bits per heavy atom. The molecule has 0 saturated carbocycles. The van der Waals surface area contributed by atoms with Crippen molar-refractivity contribution in [3.63, 3.8) is 0 Å². The van der Waals surface area contributed by atoms with Crippen LogP contribution >= 0.6 is 14.7 Å². The Balaban J connectivity index is 3.93. The van der Waals surface area contributed by atoms with Crippen molar-refractivity contribution in [3.05, 3.63) is 0 Å². The third-order valence-corrected chi connectivity index (χ3v) is 4.36. The van der Waals surface area contributed by atoms with E-state index in [2.05, 4.69) is 4.52 Å². The molecule has 1 N–H and O–H groups in total. The fourth-order valence-electron chi connectivity index (χ4n) is 0.633. The maximum atomic E-state index is 11.2. The van der Waals surface area contributed by atoms with Crippen molar-refractivity contribution in [2.75, 3.05) is 32.3 Å². The highest BCUT2D eigenvalue weighted by molar-refractivity contribution is 7.63. The molecule has 12 heavy (non-hydrogen) atoms. The van der Waals surface area contributed by atoms with Crippen molar-refractivity contribution in [1.82, 2.24) is 0 Å². The van der Waals surface area contributed by atoms with Gasteiger partial charge in [0, 0.05) is 6.16 Å². The molecule has 0 aliphatic heterocycles. The monoisotopic (exact) mass is 214 g/mol. The Kier molecular flexibility index (Phi) is 4.71. The molecule has 6 heteroatoms. The maximum absolute atomic E-state index is 11.2. The second-order valence-corrected chi connectivity index (χ2v) is 8.65. The number of rotatable bonds is 5. The van der Waals surface area contributed by atoms with Gasteiger partial charge in [0.05, 0.1) is 19.9 Å². The Labute approximate surface area is 73.2 Å². The highest BCUT2D eigenvalue weighted by Gasteiger charge is 2.21. The van der Waals surface area contributed by atoms with E-state index >= 15 is 0 Å². The second kappa shape index (κ2) is 4.57. The third-order valence-electron chi connectivity index (χ3n) is 1.25. The smallest absolute Gasteiger partial charge is 0.324 e. The molecule has 0 rings (SSSR count). The van der Waals surface area contributed by atoms with E-state index in [1.54, 1.807) is 20.3 Å². The molecular formula is C6H16O4P2. The van der Waals surface area contributed by atoms with Crippen LogP contribution in [-0.2, 0) is 13.7 Å². The van der Waals surface area contributed by atoms with Crippen LogP contribution in [0.15, 0.2) is 0 Å². The first-order chi connectivity index (χ1) is 5.27. The molecule has 0 amide bonds. The minimum Gasteiger partial charge on any atom is -0.324 e. The summed E-state index contributed by atoms with van der Waals surface area (Å²) in [5.41, 5.74) is 0. The fraction of sp³-hybridized carbons (Fsp3) is 1.00. The molecule has 0 aromatic carbocycles. The van der Waals surface area contributed by atoms with E-state index < -0.39 is 14.7 Å². The van der Waals surface area contributed by atoms with Crippen LogP contribution in [0.1, 0.15) is 6.92 Å². The van der Waals surface area contributed by atoms with Crippen molar-refractivity contribution in [3.8, 4) is 0 Å². The van der Waals surface area contributed by atoms with Crippen LogP contribution in [0.5, 0.6) is 0 Å². The van der Waals surface area contributed by atoms with Gasteiger partial charge in [0.25, 0.3) is 0 Å². The van der Waals surface area contributed by atoms with E-state index in [0.717, 1.165) is 0 Å². The summed E-state index contributed by atoms with van der Waals surface area (Å²) in [4.78, 5) is 9.09. The van der Waals surface area contributed by atoms with Gasteiger partial charge in [-0.15, -0.1) is 0 Å². The zero-order valence-corrected chi connectivity index (χ0v) is 9.48. The van der Waals surface area contributed by atoms with Crippen LogP contribution in [0.2, 0.25) is 0 Å². The molecule has 0 aliphatic rings. The van der Waals surface area contributed by atoms with E-state index in [1.165, 1.54) is 0 Å². The molecule has 0 aliphatic carbocycles. The van der Waals surface area contributed by atoms with Crippen LogP contribution in [0.25, 0.3) is 0 Å². The normalized spacial score (nSPS) is 17.3. The highest BCUT2D eigenvalue weighted by Crippen LogP contribution is 2.47. The van der Waals surface area contributed by atoms with Crippen molar-refractivity contribution < 1.29 is 18.5 Å². The van der Waals surface area contributed by atoms with Gasteiger partial charge < -0.3 is 14.0 Å². The summed E-state index contributed by atoms with van der Waals surface area (Å²) in [6.45, 7) is 5.06. The largest absolute Gasteiger partial charge is 0.328 e. The Hall–Kier alpha value is 0.380. The Morgan fingerprint density at radius 3 is 2.08 bits per heavy atom. The lowest BCUT2D eigenvalue weighted by Gasteiger charge is -2.11. The van der Waals surface area contributed by atoms with E-state index in [-0.39, 0.29) is 18.9 Å². The topological polar surface area (TPSA) is 63.6 Å². The average Bonchev–Trinajstić information content (AvgIpc) is 1.83. The summed E-state index contributed by atoms with van der Waals surface area (Å²) < 4.78 is 26.9. The molecule has 1 atom stereocenters. The van der Waals surface area contributed by atoms with Gasteiger partial charge in [-0.1, -0.05) is 0 Å². The summed E-state index contributed by atoms with van der Waals surface area (Å²) in [5, 5.41) is 0. The van der Waals surface area contributed by atoms with Crippen molar-refractivity contribution >= 4 is 14.7 Å². The van der Waals surface area contributed by atoms with Crippen LogP contribution < -0.4 is 0 Å². The van der Waals surface area contributed by atoms with Crippen molar-refractivity contribution in [2.24, 2.45) is 0 Å². The average molecular weight is 214 g/mol. The standard InChI is InChI=1S/C6H16O4P2/c1-4-10-12(8,9)6-5-11(2,3)7/h4-6H2,1-3H3,(H,8,9). The summed E-state index contributed by atoms with van der Waals surface area (Å²) in [6.07, 6.45) is 0.256. The lowest BCUT2D eigenvalue weighted by molar-refractivity contribution is 0.275. The quantitative estimate of drug-likeness (QED) is 0.709. The molecule has 4 nitrogen and oxygen atoms in total. The van der Waals surface area contributed by atoms with Crippen molar-refractivity contribution in [1.29, 1.82) is 0 Å². The van der Waals surface area contributed by atoms with Gasteiger partial charge in [-0.05, 0) is 20.3 Å². The fourth-order valence-corrected chi connectivity index (χ4v) is 4.10. The van der Waals surface area contributed by atoms with Gasteiger partial charge in [-0.25, -0.2) is 0 Å². The molecule has 1 unspecified atom stereocenters. The number of hydrogen-bond acceptors (Lipinski definition) is 3. The molecule has 0 aromatic rings. The molecular weight excluding hydrogens is 198 g/mol. The summed E-state index contributed by atoms with van der Waals surface area (Å²) >= 11 is 0. The minimum absolute atomic E-state index is 0.00881. The molecule has 74 valence electrons. The molecule has 0 aromatic heterocycles. The highest BCUT2D eigenvalue weighted by atomic mass is 31.2. The second-order valence-electron chi connectivity index (χ2n) is 3.08. The van der Waals surface area contributed by atoms with Gasteiger partial charge in [0.1, 0.15) is 0 Å². The van der Waals surface area contributed by atoms with E-state index in [1.807, 2.05) is 0 Å². The minimum atomic E-state index is -3.46. The van der Waals surface area contributed by atoms with E-state index in [4.69, 9.17) is 4.89 Å². The van der Waals surface area contributed by atoms with Crippen molar-refractivity contribution in [2.45, 2.75) is 6.92 Å². The van der Waals surface area contributed by atoms with Crippen LogP contribution in [-0.4, -0.2) is 37.2 Å². The van der Waals surface area contributed by atoms with E-state index in [0.29, 0.717) is 0 Å². The summed E-state index contributed by atoms with van der Waals surface area (Å²) in [6, 6.07) is 0. The third kappa shape index (κ3) is 7.05. The molecule has 0 spiro atoms. The molecule has 0 heterocycles. The van der Waals surface area contributed by atoms with Gasteiger partial charge in [-0.2, -0.15) is 0 Å². The first-order valence-electron chi connectivity index (χ1n) is 3.77. The number of hydrogen-bond donors (Lipinski definition) is 1. The maximum Gasteiger partial charge on any atom is 0.328 e. The van der Waals surface area contributed by atoms with Crippen LogP contribution in [0.3, 0.4) is 0 Å².